The second kappa shape index (κ2) is 34.8. The SMILES string of the molecule is CC[C@H](C)[C@@H]1NC(=O)[C@@H]2CCCCCC3CCC(CC3)C[C@@H](C(=O)N(C)CC(=O)N[C@@H](CCC3CCC(C(F)(F)F)C(OC)C3)C(=O)N3CC4(CC4)C[C@H]3C(=O)NC3(CC(C)(C)C3)C(=O)N(C)[C@@H](C3CCCC3)C(=O)N(C)[C@H](C(=O)N(C)C)CC(=O)N2C)N2CC/C=C\C[C@@H](C2=O)N(C)C(=O)CN(C)C1=O. The number of rotatable bonds is 8. The van der Waals surface area contributed by atoms with Crippen molar-refractivity contribution in [2.24, 2.45) is 46.3 Å². The van der Waals surface area contributed by atoms with Crippen molar-refractivity contribution in [3.63, 3.8) is 0 Å². The highest BCUT2D eigenvalue weighted by atomic mass is 19.4. The lowest BCUT2D eigenvalue weighted by Crippen LogP contribution is -2.71. The van der Waals surface area contributed by atoms with Gasteiger partial charge in [0.25, 0.3) is 0 Å². The maximum atomic E-state index is 15.9. The molecule has 106 heavy (non-hydrogen) atoms. The number of alkyl halides is 3. The summed E-state index contributed by atoms with van der Waals surface area (Å²) in [5, 5.41) is 9.09. The summed E-state index contributed by atoms with van der Waals surface area (Å²) in [5.41, 5.74) is -2.55. The molecule has 11 rings (SSSR count). The lowest BCUT2D eigenvalue weighted by Gasteiger charge is -2.54. The zero-order valence-electron chi connectivity index (χ0n) is 65.4. The van der Waals surface area contributed by atoms with Crippen LogP contribution < -0.4 is 16.0 Å². The monoisotopic (exact) mass is 1490 g/mol. The van der Waals surface area contributed by atoms with Gasteiger partial charge in [0, 0.05) is 76.6 Å². The van der Waals surface area contributed by atoms with Crippen LogP contribution in [-0.2, 0) is 62.3 Å². The van der Waals surface area contributed by atoms with Crippen molar-refractivity contribution in [3.05, 3.63) is 12.2 Å². The zero-order valence-corrected chi connectivity index (χ0v) is 65.4. The van der Waals surface area contributed by atoms with Gasteiger partial charge >= 0.3 is 6.18 Å². The molecule has 0 aromatic rings. The van der Waals surface area contributed by atoms with E-state index in [9.17, 15) is 27.6 Å². The molecule has 6 aliphatic heterocycles. The predicted molar refractivity (Wildman–Crippen MR) is 390 cm³/mol. The molecule has 2 spiro atoms. The molecule has 594 valence electrons. The molecule has 0 radical (unpaired) electrons. The average Bonchev–Trinajstić information content (AvgIpc) is 1.64. The topological polar surface area (TPSA) is 279 Å². The van der Waals surface area contributed by atoms with Crippen molar-refractivity contribution in [1.29, 1.82) is 0 Å². The number of nitrogens with zero attached hydrogens (tertiary/aromatic N) is 9. The molecule has 6 heterocycles. The fourth-order valence-electron chi connectivity index (χ4n) is 19.2. The van der Waals surface area contributed by atoms with Gasteiger partial charge in [0.2, 0.25) is 70.9 Å². The molecule has 3 N–H and O–H groups in total. The Bertz CT molecular complexity index is 3250. The van der Waals surface area contributed by atoms with E-state index in [1.165, 1.54) is 108 Å². The molecular formula is C78H123F3N12O13. The van der Waals surface area contributed by atoms with E-state index in [2.05, 4.69) is 16.0 Å². The molecule has 28 heteroatoms. The van der Waals surface area contributed by atoms with Gasteiger partial charge in [-0.1, -0.05) is 110 Å². The van der Waals surface area contributed by atoms with E-state index >= 15 is 43.2 Å². The summed E-state index contributed by atoms with van der Waals surface area (Å²) < 4.78 is 48.5. The van der Waals surface area contributed by atoms with Crippen LogP contribution >= 0.6 is 0 Å². The van der Waals surface area contributed by atoms with E-state index in [4.69, 9.17) is 4.74 Å². The standard InChI is InChI=1S/C78H123F3N12O13/c1-14-48(2)64-72(103)87(8)44-63(96)89(10)56-27-19-16-22-38-92(71(56)102)58-39-50-30-28-49(29-31-50)23-17-15-18-26-55(66(97)83-64)88(9)62(95)41-57(69(100)85(5)6)90(11)73(104)65(52-24-20-21-25-52)91(12)74(105)77(45-75(3,4)46-77)84-67(98)59-42-76(36-37-76)47-93(59)68(99)54(82-61(94)43-86(7)70(58)101)35-33-51-32-34-53(78(79,80)81)60(40-51)106-13/h16,19,48-60,64-65H,14-15,17-18,20-47H2,1-13H3,(H,82,94)(H,83,97)(H,84,98)/b19-16-/t48-,49?,50?,51?,53?,54-,55-,56-,57-,58-,59-,60?,64-,65-/m0/s1. The molecule has 11 aliphatic rings. The minimum atomic E-state index is -4.51. The van der Waals surface area contributed by atoms with Gasteiger partial charge in [-0.15, -0.1) is 0 Å². The summed E-state index contributed by atoms with van der Waals surface area (Å²) >= 11 is 0. The Balaban J connectivity index is 1.14. The van der Waals surface area contributed by atoms with Crippen LogP contribution in [0.5, 0.6) is 0 Å². The molecule has 25 nitrogen and oxygen atoms in total. The van der Waals surface area contributed by atoms with E-state index in [0.29, 0.717) is 57.3 Å². The molecule has 0 aromatic heterocycles. The number of carbonyl (C=O) groups is 12. The van der Waals surface area contributed by atoms with Crippen LogP contribution in [0, 0.1) is 46.3 Å². The van der Waals surface area contributed by atoms with E-state index in [0.717, 1.165) is 51.4 Å². The highest BCUT2D eigenvalue weighted by Crippen LogP contribution is 2.56. The lowest BCUT2D eigenvalue weighted by atomic mass is 9.58. The van der Waals surface area contributed by atoms with Gasteiger partial charge in [-0.25, -0.2) is 0 Å². The predicted octanol–water partition coefficient (Wildman–Crippen LogP) is 6.45. The Morgan fingerprint density at radius 3 is 1.90 bits per heavy atom. The van der Waals surface area contributed by atoms with Gasteiger partial charge in [-0.3, -0.25) is 57.5 Å². The minimum Gasteiger partial charge on any atom is -0.381 e. The van der Waals surface area contributed by atoms with Gasteiger partial charge in [-0.2, -0.15) is 13.2 Å². The summed E-state index contributed by atoms with van der Waals surface area (Å²) in [6.07, 6.45) is 9.24. The van der Waals surface area contributed by atoms with Crippen LogP contribution in [0.25, 0.3) is 0 Å². The molecule has 5 saturated heterocycles. The Kier molecular flexibility index (Phi) is 27.3. The van der Waals surface area contributed by atoms with E-state index < -0.39 is 185 Å². The zero-order chi connectivity index (χ0) is 77.7. The first-order chi connectivity index (χ1) is 49.9. The third-order valence-electron chi connectivity index (χ3n) is 26.0. The quantitative estimate of drug-likeness (QED) is 0.174. The maximum absolute atomic E-state index is 15.9. The highest BCUT2D eigenvalue weighted by molar-refractivity contribution is 6.01. The van der Waals surface area contributed by atoms with Crippen LogP contribution in [-0.4, -0.2) is 271 Å². The van der Waals surface area contributed by atoms with E-state index in [1.807, 2.05) is 32.9 Å². The molecule has 5 saturated carbocycles. The van der Waals surface area contributed by atoms with Crippen LogP contribution in [0.2, 0.25) is 0 Å². The number of hydrogen-bond donors (Lipinski definition) is 3. The van der Waals surface area contributed by atoms with Crippen molar-refractivity contribution < 1.29 is 75.4 Å². The first kappa shape index (κ1) is 83.2. The summed E-state index contributed by atoms with van der Waals surface area (Å²) in [4.78, 5) is 196. The van der Waals surface area contributed by atoms with Crippen molar-refractivity contribution >= 4 is 70.9 Å². The fourth-order valence-corrected chi connectivity index (χ4v) is 19.2. The molecule has 10 fully saturated rings. The Morgan fingerprint density at radius 1 is 0.642 bits per heavy atom. The third-order valence-corrected chi connectivity index (χ3v) is 26.0. The van der Waals surface area contributed by atoms with Crippen LogP contribution in [0.1, 0.15) is 207 Å². The number of amides is 12. The number of methoxy groups -OCH3 is 1. The normalized spacial score (nSPS) is 33.0. The van der Waals surface area contributed by atoms with Gasteiger partial charge in [0.05, 0.1) is 31.5 Å². The highest BCUT2D eigenvalue weighted by Gasteiger charge is 2.62. The van der Waals surface area contributed by atoms with Crippen LogP contribution in [0.3, 0.4) is 0 Å². The Labute approximate surface area is 625 Å². The molecule has 5 aliphatic carbocycles. The van der Waals surface area contributed by atoms with Crippen molar-refractivity contribution in [3.8, 4) is 0 Å². The van der Waals surface area contributed by atoms with Crippen molar-refractivity contribution in [2.45, 2.75) is 274 Å². The summed E-state index contributed by atoms with van der Waals surface area (Å²) in [7, 11) is 13.1. The van der Waals surface area contributed by atoms with Crippen LogP contribution in [0.4, 0.5) is 13.2 Å². The Morgan fingerprint density at radius 2 is 1.27 bits per heavy atom. The van der Waals surface area contributed by atoms with Crippen molar-refractivity contribution in [1.82, 2.24) is 60.0 Å². The van der Waals surface area contributed by atoms with Crippen molar-refractivity contribution in [2.75, 3.05) is 89.7 Å². The van der Waals surface area contributed by atoms with Gasteiger partial charge in [-0.05, 0) is 143 Å². The third kappa shape index (κ3) is 19.2. The van der Waals surface area contributed by atoms with Gasteiger partial charge in [0.1, 0.15) is 53.9 Å². The molecular weight excluding hydrogens is 1370 g/mol. The largest absolute Gasteiger partial charge is 0.394 e. The molecule has 6 bridgehead atoms. The average molecular weight is 1490 g/mol. The summed E-state index contributed by atoms with van der Waals surface area (Å²) in [6, 6.07) is -9.75. The van der Waals surface area contributed by atoms with Gasteiger partial charge < -0.3 is 64.8 Å². The molecule has 3 unspecified atom stereocenters. The number of nitrogens with one attached hydrogen (secondary N) is 3. The molecule has 12 atom stereocenters. The number of ether oxygens (including phenoxy) is 1. The first-order valence-electron chi connectivity index (χ1n) is 39.5. The number of hydrogen-bond acceptors (Lipinski definition) is 13. The fraction of sp³-hybridized carbons (Fsp3) is 0.821. The second-order valence-electron chi connectivity index (χ2n) is 34.5. The van der Waals surface area contributed by atoms with E-state index in [-0.39, 0.29) is 95.6 Å². The number of halogens is 3. The first-order valence-corrected chi connectivity index (χ1v) is 39.5. The maximum Gasteiger partial charge on any atom is 0.394 e. The minimum absolute atomic E-state index is 0.0384. The van der Waals surface area contributed by atoms with E-state index in [1.54, 1.807) is 6.92 Å². The number of fused-ring (bicyclic) bond motifs is 22. The molecule has 0 aromatic carbocycles. The smallest absolute Gasteiger partial charge is 0.381 e. The molecule has 12 amide bonds. The van der Waals surface area contributed by atoms with Crippen LogP contribution in [0.15, 0.2) is 12.2 Å². The lowest BCUT2D eigenvalue weighted by molar-refractivity contribution is -0.215. The number of carbonyl (C=O) groups excluding carboxylic acids is 12. The van der Waals surface area contributed by atoms with Gasteiger partial charge in [0.15, 0.2) is 0 Å². The summed E-state index contributed by atoms with van der Waals surface area (Å²) in [6.45, 7) is 6.68. The Hall–Kier alpha value is -6.87. The summed E-state index contributed by atoms with van der Waals surface area (Å²) in [5.74, 6) is -9.97. The number of likely N-dealkylation sites (N-methyl/N-ethyl adjacent to an activating group) is 7. The second-order valence-corrected chi connectivity index (χ2v) is 34.5.